The summed E-state index contributed by atoms with van der Waals surface area (Å²) >= 11 is 0. The highest BCUT2D eigenvalue weighted by Crippen LogP contribution is 2.32. The summed E-state index contributed by atoms with van der Waals surface area (Å²) in [4.78, 5) is 20.7. The first-order chi connectivity index (χ1) is 5.24. The summed E-state index contributed by atoms with van der Waals surface area (Å²) in [5, 5.41) is 8.47. The molecule has 0 heterocycles. The van der Waals surface area contributed by atoms with E-state index in [4.69, 9.17) is 5.11 Å². The predicted molar refractivity (Wildman–Crippen MR) is 39.1 cm³/mol. The zero-order chi connectivity index (χ0) is 8.27. The Balaban J connectivity index is 2.43. The summed E-state index contributed by atoms with van der Waals surface area (Å²) in [6.45, 7) is 0. The highest BCUT2D eigenvalue weighted by molar-refractivity contribution is 5.68. The van der Waals surface area contributed by atoms with Crippen molar-refractivity contribution in [1.82, 2.24) is 0 Å². The third-order valence-electron chi connectivity index (χ3n) is 2.33. The zero-order valence-corrected chi connectivity index (χ0v) is 6.32. The average molecular weight is 156 g/mol. The summed E-state index contributed by atoms with van der Waals surface area (Å²) in [5.74, 6) is -0.681. The van der Waals surface area contributed by atoms with Gasteiger partial charge in [-0.1, -0.05) is 6.42 Å². The van der Waals surface area contributed by atoms with Gasteiger partial charge in [0.15, 0.2) is 0 Å². The third-order valence-corrected chi connectivity index (χ3v) is 2.33. The van der Waals surface area contributed by atoms with Crippen LogP contribution in [0.15, 0.2) is 0 Å². The highest BCUT2D eigenvalue weighted by atomic mass is 16.4. The van der Waals surface area contributed by atoms with E-state index in [0.29, 0.717) is 0 Å². The quantitative estimate of drug-likeness (QED) is 0.622. The van der Waals surface area contributed by atoms with Gasteiger partial charge in [0.05, 0.1) is 0 Å². The van der Waals surface area contributed by atoms with Crippen LogP contribution in [-0.2, 0) is 9.59 Å². The number of carbonyl (C=O) groups excluding carboxylic acids is 1. The molecule has 0 bridgehead atoms. The van der Waals surface area contributed by atoms with E-state index in [2.05, 4.69) is 0 Å². The lowest BCUT2D eigenvalue weighted by Crippen LogP contribution is -2.13. The van der Waals surface area contributed by atoms with Gasteiger partial charge in [0.1, 0.15) is 6.29 Å². The van der Waals surface area contributed by atoms with Crippen molar-refractivity contribution in [2.24, 2.45) is 11.8 Å². The molecule has 2 unspecified atom stereocenters. The van der Waals surface area contributed by atoms with Gasteiger partial charge >= 0.3 is 5.97 Å². The molecule has 62 valence electrons. The molecule has 0 aromatic carbocycles. The maximum Gasteiger partial charge on any atom is 0.303 e. The summed E-state index contributed by atoms with van der Waals surface area (Å²) in [6, 6.07) is 0. The molecule has 11 heavy (non-hydrogen) atoms. The maximum atomic E-state index is 10.4. The Morgan fingerprint density at radius 3 is 2.82 bits per heavy atom. The summed E-state index contributed by atoms with van der Waals surface area (Å²) in [5.41, 5.74) is 0. The van der Waals surface area contributed by atoms with Crippen molar-refractivity contribution in [3.05, 3.63) is 0 Å². The van der Waals surface area contributed by atoms with Gasteiger partial charge in [-0.05, 0) is 18.8 Å². The Kier molecular flexibility index (Phi) is 2.63. The lowest BCUT2D eigenvalue weighted by Gasteiger charge is -2.09. The van der Waals surface area contributed by atoms with Crippen LogP contribution in [-0.4, -0.2) is 17.4 Å². The Bertz CT molecular complexity index is 165. The second kappa shape index (κ2) is 3.51. The average Bonchev–Trinajstić information content (AvgIpc) is 2.34. The molecule has 1 N–H and O–H groups in total. The van der Waals surface area contributed by atoms with E-state index in [9.17, 15) is 9.59 Å². The largest absolute Gasteiger partial charge is 0.481 e. The highest BCUT2D eigenvalue weighted by Gasteiger charge is 2.28. The van der Waals surface area contributed by atoms with Crippen LogP contribution in [0, 0.1) is 11.8 Å². The van der Waals surface area contributed by atoms with Crippen molar-refractivity contribution in [3.63, 3.8) is 0 Å². The molecule has 1 fully saturated rings. The van der Waals surface area contributed by atoms with Crippen LogP contribution < -0.4 is 0 Å². The first-order valence-corrected chi connectivity index (χ1v) is 3.91. The van der Waals surface area contributed by atoms with Gasteiger partial charge in [-0.15, -0.1) is 0 Å². The molecule has 3 heteroatoms. The fourth-order valence-electron chi connectivity index (χ4n) is 1.72. The first kappa shape index (κ1) is 8.24. The first-order valence-electron chi connectivity index (χ1n) is 3.91. The fourth-order valence-corrected chi connectivity index (χ4v) is 1.72. The number of carboxylic acid groups (broad SMARTS) is 1. The van der Waals surface area contributed by atoms with E-state index < -0.39 is 5.97 Å². The summed E-state index contributed by atoms with van der Waals surface area (Å²) in [7, 11) is 0. The number of carboxylic acids is 1. The normalized spacial score (nSPS) is 30.2. The SMILES string of the molecule is O=CC1CCCC1CC(=O)O. The third kappa shape index (κ3) is 2.03. The molecule has 0 aromatic heterocycles. The molecule has 0 spiro atoms. The van der Waals surface area contributed by atoms with Crippen molar-refractivity contribution in [2.45, 2.75) is 25.7 Å². The lowest BCUT2D eigenvalue weighted by atomic mass is 9.94. The monoisotopic (exact) mass is 156 g/mol. The van der Waals surface area contributed by atoms with Gasteiger partial charge in [0.25, 0.3) is 0 Å². The van der Waals surface area contributed by atoms with E-state index in [1.54, 1.807) is 0 Å². The van der Waals surface area contributed by atoms with Gasteiger partial charge in [0.2, 0.25) is 0 Å². The second-order valence-corrected chi connectivity index (χ2v) is 3.09. The van der Waals surface area contributed by atoms with Gasteiger partial charge in [-0.25, -0.2) is 0 Å². The standard InChI is InChI=1S/C8H12O3/c9-5-7-3-1-2-6(7)4-8(10)11/h5-7H,1-4H2,(H,10,11). The summed E-state index contributed by atoms with van der Waals surface area (Å²) < 4.78 is 0. The van der Waals surface area contributed by atoms with Gasteiger partial charge in [-0.2, -0.15) is 0 Å². The molecule has 0 amide bonds. The van der Waals surface area contributed by atoms with E-state index >= 15 is 0 Å². The molecule has 1 saturated carbocycles. The van der Waals surface area contributed by atoms with Crippen molar-refractivity contribution < 1.29 is 14.7 Å². The van der Waals surface area contributed by atoms with Crippen LogP contribution in [0.2, 0.25) is 0 Å². The Hall–Kier alpha value is -0.860. The number of hydrogen-bond donors (Lipinski definition) is 1. The second-order valence-electron chi connectivity index (χ2n) is 3.09. The minimum Gasteiger partial charge on any atom is -0.481 e. The molecule has 1 aliphatic carbocycles. The Morgan fingerprint density at radius 2 is 2.27 bits per heavy atom. The van der Waals surface area contributed by atoms with Crippen LogP contribution in [0.5, 0.6) is 0 Å². The summed E-state index contributed by atoms with van der Waals surface area (Å²) in [6.07, 6.45) is 3.84. The van der Waals surface area contributed by atoms with E-state index in [1.165, 1.54) is 0 Å². The zero-order valence-electron chi connectivity index (χ0n) is 6.32. The maximum absolute atomic E-state index is 10.4. The van der Waals surface area contributed by atoms with Crippen molar-refractivity contribution in [3.8, 4) is 0 Å². The number of rotatable bonds is 3. The predicted octanol–water partition coefficient (Wildman–Crippen LogP) is 1.08. The lowest BCUT2D eigenvalue weighted by molar-refractivity contribution is -0.138. The number of carbonyl (C=O) groups is 2. The minimum atomic E-state index is -0.788. The molecule has 3 nitrogen and oxygen atoms in total. The molecule has 0 aromatic rings. The smallest absolute Gasteiger partial charge is 0.303 e. The minimum absolute atomic E-state index is 0.00565. The molecule has 0 aliphatic heterocycles. The van der Waals surface area contributed by atoms with Crippen LogP contribution in [0.4, 0.5) is 0 Å². The number of aliphatic carboxylic acids is 1. The topological polar surface area (TPSA) is 54.4 Å². The number of hydrogen-bond acceptors (Lipinski definition) is 2. The molecule has 2 atom stereocenters. The Morgan fingerprint density at radius 1 is 1.55 bits per heavy atom. The van der Waals surface area contributed by atoms with Crippen molar-refractivity contribution in [1.29, 1.82) is 0 Å². The van der Waals surface area contributed by atoms with Gasteiger partial charge < -0.3 is 9.90 Å². The molecular weight excluding hydrogens is 144 g/mol. The molecule has 0 saturated heterocycles. The fraction of sp³-hybridized carbons (Fsp3) is 0.750. The van der Waals surface area contributed by atoms with Crippen LogP contribution in [0.1, 0.15) is 25.7 Å². The van der Waals surface area contributed by atoms with E-state index in [-0.39, 0.29) is 18.3 Å². The Labute approximate surface area is 65.4 Å². The molecular formula is C8H12O3. The van der Waals surface area contributed by atoms with Crippen LogP contribution in [0.25, 0.3) is 0 Å². The molecule has 1 rings (SSSR count). The van der Waals surface area contributed by atoms with Crippen molar-refractivity contribution in [2.75, 3.05) is 0 Å². The van der Waals surface area contributed by atoms with E-state index in [1.807, 2.05) is 0 Å². The van der Waals surface area contributed by atoms with Gasteiger partial charge in [0, 0.05) is 12.3 Å². The number of aldehydes is 1. The van der Waals surface area contributed by atoms with Crippen LogP contribution in [0.3, 0.4) is 0 Å². The molecule has 1 aliphatic rings. The van der Waals surface area contributed by atoms with E-state index in [0.717, 1.165) is 25.5 Å². The van der Waals surface area contributed by atoms with Crippen molar-refractivity contribution >= 4 is 12.3 Å². The molecule has 0 radical (unpaired) electrons. The van der Waals surface area contributed by atoms with Crippen LogP contribution >= 0.6 is 0 Å². The van der Waals surface area contributed by atoms with Gasteiger partial charge in [-0.3, -0.25) is 4.79 Å².